The predicted octanol–water partition coefficient (Wildman–Crippen LogP) is 3.47. The highest BCUT2D eigenvalue weighted by Crippen LogP contribution is 2.46. The smallest absolute Gasteiger partial charge is 0.194 e. The van der Waals surface area contributed by atoms with Gasteiger partial charge in [0, 0.05) is 42.2 Å². The van der Waals surface area contributed by atoms with Gasteiger partial charge in [0.2, 0.25) is 0 Å². The third kappa shape index (κ3) is 3.45. The summed E-state index contributed by atoms with van der Waals surface area (Å²) in [4.78, 5) is 11.3. The molecule has 0 aliphatic carbocycles. The van der Waals surface area contributed by atoms with E-state index in [-0.39, 0.29) is 5.54 Å². The van der Waals surface area contributed by atoms with Crippen molar-refractivity contribution in [1.29, 1.82) is 0 Å². The Kier molecular flexibility index (Phi) is 5.15. The minimum absolute atomic E-state index is 0.160. The number of thiazole rings is 1. The van der Waals surface area contributed by atoms with E-state index in [1.807, 2.05) is 7.05 Å². The van der Waals surface area contributed by atoms with E-state index < -0.39 is 0 Å². The van der Waals surface area contributed by atoms with Gasteiger partial charge in [0.05, 0.1) is 5.01 Å². The lowest BCUT2D eigenvalue weighted by Crippen LogP contribution is -2.72. The summed E-state index contributed by atoms with van der Waals surface area (Å²) in [6.07, 6.45) is 3.40. The SMILES string of the molecule is CN=C(NCCCCc1nc(C)cs1)N1CC(C)(C)C1(C)C. The average Bonchev–Trinajstić information content (AvgIpc) is 2.86. The molecule has 22 heavy (non-hydrogen) atoms. The van der Waals surface area contributed by atoms with Crippen LogP contribution in [0.1, 0.15) is 51.2 Å². The Morgan fingerprint density at radius 2 is 2.09 bits per heavy atom. The lowest BCUT2D eigenvalue weighted by atomic mass is 9.65. The van der Waals surface area contributed by atoms with Gasteiger partial charge in [0.1, 0.15) is 0 Å². The minimum atomic E-state index is 0.160. The monoisotopic (exact) mass is 322 g/mol. The van der Waals surface area contributed by atoms with Gasteiger partial charge >= 0.3 is 0 Å². The maximum Gasteiger partial charge on any atom is 0.194 e. The molecule has 2 rings (SSSR count). The van der Waals surface area contributed by atoms with Crippen LogP contribution in [0.3, 0.4) is 0 Å². The molecule has 1 fully saturated rings. The van der Waals surface area contributed by atoms with Crippen LogP contribution >= 0.6 is 11.3 Å². The van der Waals surface area contributed by atoms with Gasteiger partial charge in [-0.3, -0.25) is 4.99 Å². The second-order valence-corrected chi connectivity index (χ2v) is 8.29. The molecule has 1 aromatic heterocycles. The summed E-state index contributed by atoms with van der Waals surface area (Å²) in [5.74, 6) is 1.04. The van der Waals surface area contributed by atoms with Crippen molar-refractivity contribution in [2.24, 2.45) is 10.4 Å². The lowest BCUT2D eigenvalue weighted by Gasteiger charge is -2.62. The topological polar surface area (TPSA) is 40.5 Å². The van der Waals surface area contributed by atoms with Crippen LogP contribution in [-0.4, -0.2) is 41.5 Å². The lowest BCUT2D eigenvalue weighted by molar-refractivity contribution is -0.0667. The average molecular weight is 323 g/mol. The number of nitrogens with zero attached hydrogens (tertiary/aromatic N) is 3. The fourth-order valence-corrected chi connectivity index (χ4v) is 3.63. The van der Waals surface area contributed by atoms with E-state index in [2.05, 4.69) is 60.2 Å². The first-order valence-corrected chi connectivity index (χ1v) is 9.05. The van der Waals surface area contributed by atoms with E-state index in [4.69, 9.17) is 0 Å². The van der Waals surface area contributed by atoms with Crippen LogP contribution in [0.4, 0.5) is 0 Å². The number of aromatic nitrogens is 1. The molecule has 5 heteroatoms. The molecule has 0 saturated carbocycles. The van der Waals surface area contributed by atoms with Crippen molar-refractivity contribution >= 4 is 17.3 Å². The van der Waals surface area contributed by atoms with Crippen molar-refractivity contribution in [3.8, 4) is 0 Å². The second-order valence-electron chi connectivity index (χ2n) is 7.34. The molecule has 0 atom stereocenters. The molecule has 1 aromatic rings. The van der Waals surface area contributed by atoms with Crippen LogP contribution in [0.2, 0.25) is 0 Å². The maximum atomic E-state index is 4.51. The molecule has 4 nitrogen and oxygen atoms in total. The molecule has 0 spiro atoms. The van der Waals surface area contributed by atoms with Crippen molar-refractivity contribution in [3.05, 3.63) is 16.1 Å². The van der Waals surface area contributed by atoms with Crippen molar-refractivity contribution in [1.82, 2.24) is 15.2 Å². The first-order valence-electron chi connectivity index (χ1n) is 8.17. The van der Waals surface area contributed by atoms with E-state index in [0.29, 0.717) is 5.41 Å². The quantitative estimate of drug-likeness (QED) is 0.513. The molecule has 0 amide bonds. The van der Waals surface area contributed by atoms with Gasteiger partial charge in [-0.05, 0) is 40.0 Å². The molecule has 2 heterocycles. The Bertz CT molecular complexity index is 531. The summed E-state index contributed by atoms with van der Waals surface area (Å²) in [5.41, 5.74) is 1.64. The maximum absolute atomic E-state index is 4.51. The summed E-state index contributed by atoms with van der Waals surface area (Å²) in [6, 6.07) is 0. The summed E-state index contributed by atoms with van der Waals surface area (Å²) >= 11 is 1.77. The third-order valence-electron chi connectivity index (χ3n) is 5.12. The molecular formula is C17H30N4S. The molecule has 124 valence electrons. The Morgan fingerprint density at radius 3 is 2.59 bits per heavy atom. The molecule has 1 N–H and O–H groups in total. The van der Waals surface area contributed by atoms with Crippen LogP contribution in [0.25, 0.3) is 0 Å². The van der Waals surface area contributed by atoms with Crippen molar-refractivity contribution in [3.63, 3.8) is 0 Å². The molecule has 1 aliphatic rings. The van der Waals surface area contributed by atoms with Gasteiger partial charge in [-0.1, -0.05) is 13.8 Å². The zero-order valence-electron chi connectivity index (χ0n) is 14.9. The normalized spacial score (nSPS) is 19.9. The van der Waals surface area contributed by atoms with E-state index in [1.165, 1.54) is 11.4 Å². The molecule has 0 aromatic carbocycles. The van der Waals surface area contributed by atoms with E-state index in [1.54, 1.807) is 11.3 Å². The zero-order chi connectivity index (χ0) is 16.4. The number of rotatable bonds is 5. The molecule has 0 unspecified atom stereocenters. The van der Waals surface area contributed by atoms with E-state index in [0.717, 1.165) is 37.6 Å². The van der Waals surface area contributed by atoms with Crippen LogP contribution in [0, 0.1) is 12.3 Å². The fraction of sp³-hybridized carbons (Fsp3) is 0.765. The van der Waals surface area contributed by atoms with Crippen LogP contribution in [0.15, 0.2) is 10.4 Å². The Balaban J connectivity index is 1.72. The number of guanidine groups is 1. The molecule has 1 saturated heterocycles. The molecule has 0 bridgehead atoms. The van der Waals surface area contributed by atoms with Gasteiger partial charge in [-0.2, -0.15) is 0 Å². The van der Waals surface area contributed by atoms with Crippen molar-refractivity contribution in [2.75, 3.05) is 20.1 Å². The number of unbranched alkanes of at least 4 members (excludes halogenated alkanes) is 1. The van der Waals surface area contributed by atoms with Gasteiger partial charge in [0.25, 0.3) is 0 Å². The summed E-state index contributed by atoms with van der Waals surface area (Å²) in [5, 5.41) is 6.90. The highest BCUT2D eigenvalue weighted by atomic mass is 32.1. The number of aliphatic imine (C=N–C) groups is 1. The number of hydrogen-bond acceptors (Lipinski definition) is 3. The largest absolute Gasteiger partial charge is 0.356 e. The highest BCUT2D eigenvalue weighted by Gasteiger charge is 2.53. The molecular weight excluding hydrogens is 292 g/mol. The zero-order valence-corrected chi connectivity index (χ0v) is 15.7. The summed E-state index contributed by atoms with van der Waals surface area (Å²) in [6.45, 7) is 13.4. The first-order chi connectivity index (χ1) is 10.3. The molecule has 0 radical (unpaired) electrons. The highest BCUT2D eigenvalue weighted by molar-refractivity contribution is 7.09. The Morgan fingerprint density at radius 1 is 1.36 bits per heavy atom. The molecule has 1 aliphatic heterocycles. The summed E-state index contributed by atoms with van der Waals surface area (Å²) < 4.78 is 0. The van der Waals surface area contributed by atoms with Crippen LogP contribution in [-0.2, 0) is 6.42 Å². The second kappa shape index (κ2) is 6.57. The minimum Gasteiger partial charge on any atom is -0.356 e. The standard InChI is InChI=1S/C17H30N4S/c1-13-11-22-14(20-13)9-7-8-10-19-15(18-6)21-12-16(2,3)17(21,4)5/h11H,7-10,12H2,1-6H3,(H,18,19). The van der Waals surface area contributed by atoms with Crippen LogP contribution in [0.5, 0.6) is 0 Å². The number of hydrogen-bond donors (Lipinski definition) is 1. The fourth-order valence-electron chi connectivity index (χ4n) is 2.81. The number of aryl methyl sites for hydroxylation is 2. The van der Waals surface area contributed by atoms with Crippen LogP contribution < -0.4 is 5.32 Å². The predicted molar refractivity (Wildman–Crippen MR) is 95.7 cm³/mol. The van der Waals surface area contributed by atoms with Crippen molar-refractivity contribution < 1.29 is 0 Å². The number of nitrogens with one attached hydrogen (secondary N) is 1. The Labute approximate surface area is 139 Å². The summed E-state index contributed by atoms with van der Waals surface area (Å²) in [7, 11) is 1.88. The van der Waals surface area contributed by atoms with Crippen molar-refractivity contribution in [2.45, 2.75) is 59.4 Å². The Hall–Kier alpha value is -1.10. The third-order valence-corrected chi connectivity index (χ3v) is 6.15. The first kappa shape index (κ1) is 17.3. The van der Waals surface area contributed by atoms with Gasteiger partial charge in [-0.15, -0.1) is 11.3 Å². The van der Waals surface area contributed by atoms with Gasteiger partial charge in [-0.25, -0.2) is 4.98 Å². The van der Waals surface area contributed by atoms with Gasteiger partial charge < -0.3 is 10.2 Å². The van der Waals surface area contributed by atoms with Gasteiger partial charge in [0.15, 0.2) is 5.96 Å². The number of likely N-dealkylation sites (tertiary alicyclic amines) is 1. The van der Waals surface area contributed by atoms with E-state index >= 15 is 0 Å². The van der Waals surface area contributed by atoms with E-state index in [9.17, 15) is 0 Å².